The minimum Gasteiger partial charge on any atom is -0.384 e. The van der Waals surface area contributed by atoms with E-state index in [1.807, 2.05) is 14.0 Å². The van der Waals surface area contributed by atoms with Crippen LogP contribution in [-0.4, -0.2) is 9.78 Å². The molecule has 0 saturated carbocycles. The quantitative estimate of drug-likeness (QED) is 0.905. The maximum Gasteiger partial charge on any atom is 0.125 e. The van der Waals surface area contributed by atoms with Gasteiger partial charge in [-0.15, -0.1) is 0 Å². The highest BCUT2D eigenvalue weighted by Gasteiger charge is 2.16. The van der Waals surface area contributed by atoms with Crippen molar-refractivity contribution in [2.45, 2.75) is 26.7 Å². The van der Waals surface area contributed by atoms with Crippen molar-refractivity contribution in [2.75, 3.05) is 5.73 Å². The van der Waals surface area contributed by atoms with Crippen LogP contribution in [0.25, 0.3) is 11.3 Å². The van der Waals surface area contributed by atoms with Crippen LogP contribution in [0.5, 0.6) is 0 Å². The van der Waals surface area contributed by atoms with Crippen molar-refractivity contribution in [3.8, 4) is 11.3 Å². The first-order valence-corrected chi connectivity index (χ1v) is 6.12. The van der Waals surface area contributed by atoms with Gasteiger partial charge in [0.15, 0.2) is 0 Å². The number of nitrogens with zero attached hydrogens (tertiary/aromatic N) is 2. The molecule has 96 valence electrons. The largest absolute Gasteiger partial charge is 0.384 e. The Morgan fingerprint density at radius 2 is 2.11 bits per heavy atom. The van der Waals surface area contributed by atoms with Crippen LogP contribution in [0, 0.1) is 12.7 Å². The summed E-state index contributed by atoms with van der Waals surface area (Å²) in [7, 11) is 1.83. The fourth-order valence-electron chi connectivity index (χ4n) is 2.19. The van der Waals surface area contributed by atoms with Crippen molar-refractivity contribution < 1.29 is 4.39 Å². The average Bonchev–Trinajstić information content (AvgIpc) is 2.58. The molecule has 0 aliphatic carbocycles. The second-order valence-corrected chi connectivity index (χ2v) is 4.55. The van der Waals surface area contributed by atoms with Gasteiger partial charge in [0.25, 0.3) is 0 Å². The van der Waals surface area contributed by atoms with Crippen LogP contribution in [0.15, 0.2) is 18.2 Å². The molecule has 3 nitrogen and oxygen atoms in total. The van der Waals surface area contributed by atoms with Crippen LogP contribution in [-0.2, 0) is 13.5 Å². The van der Waals surface area contributed by atoms with E-state index in [0.717, 1.165) is 35.2 Å². The number of anilines is 1. The van der Waals surface area contributed by atoms with E-state index in [0.29, 0.717) is 5.82 Å². The molecule has 1 aromatic heterocycles. The summed E-state index contributed by atoms with van der Waals surface area (Å²) in [5, 5.41) is 4.46. The molecule has 0 radical (unpaired) electrons. The van der Waals surface area contributed by atoms with E-state index >= 15 is 0 Å². The number of hydrogen-bond donors (Lipinski definition) is 1. The third-order valence-electron chi connectivity index (χ3n) is 3.14. The molecule has 2 N–H and O–H groups in total. The number of benzene rings is 1. The third-order valence-corrected chi connectivity index (χ3v) is 3.14. The first kappa shape index (κ1) is 12.6. The van der Waals surface area contributed by atoms with Gasteiger partial charge in [-0.2, -0.15) is 5.10 Å². The van der Waals surface area contributed by atoms with Crippen molar-refractivity contribution in [3.63, 3.8) is 0 Å². The van der Waals surface area contributed by atoms with Gasteiger partial charge in [-0.1, -0.05) is 13.3 Å². The predicted molar refractivity (Wildman–Crippen MR) is 71.7 cm³/mol. The molecule has 0 amide bonds. The fraction of sp³-hybridized carbons (Fsp3) is 0.357. The molecule has 2 aromatic rings. The zero-order valence-corrected chi connectivity index (χ0v) is 11.0. The van der Waals surface area contributed by atoms with E-state index < -0.39 is 0 Å². The zero-order valence-electron chi connectivity index (χ0n) is 11.0. The minimum absolute atomic E-state index is 0.225. The maximum absolute atomic E-state index is 13.1. The number of hydrogen-bond acceptors (Lipinski definition) is 2. The summed E-state index contributed by atoms with van der Waals surface area (Å²) in [4.78, 5) is 0. The van der Waals surface area contributed by atoms with Crippen LogP contribution in [0.3, 0.4) is 0 Å². The molecule has 4 heteroatoms. The summed E-state index contributed by atoms with van der Waals surface area (Å²) in [6.07, 6.45) is 1.88. The van der Waals surface area contributed by atoms with Crippen molar-refractivity contribution in [1.82, 2.24) is 9.78 Å². The molecular weight excluding hydrogens is 229 g/mol. The second kappa shape index (κ2) is 4.80. The zero-order chi connectivity index (χ0) is 13.3. The van der Waals surface area contributed by atoms with Crippen molar-refractivity contribution in [2.24, 2.45) is 7.05 Å². The Morgan fingerprint density at radius 3 is 2.72 bits per heavy atom. The van der Waals surface area contributed by atoms with Crippen LogP contribution in [0.1, 0.15) is 24.5 Å². The lowest BCUT2D eigenvalue weighted by molar-refractivity contribution is 0.627. The summed E-state index contributed by atoms with van der Waals surface area (Å²) >= 11 is 0. The lowest BCUT2D eigenvalue weighted by Crippen LogP contribution is -1.99. The lowest BCUT2D eigenvalue weighted by atomic mass is 10.00. The SMILES string of the molecule is CCCc1c(-c2ccc(F)cc2C)nn(C)c1N. The molecule has 18 heavy (non-hydrogen) atoms. The minimum atomic E-state index is -0.225. The summed E-state index contributed by atoms with van der Waals surface area (Å²) in [6, 6.07) is 4.75. The lowest BCUT2D eigenvalue weighted by Gasteiger charge is -2.05. The van der Waals surface area contributed by atoms with Crippen LogP contribution in [0.4, 0.5) is 10.2 Å². The van der Waals surface area contributed by atoms with Crippen LogP contribution in [0.2, 0.25) is 0 Å². The molecule has 1 heterocycles. The average molecular weight is 247 g/mol. The van der Waals surface area contributed by atoms with Crippen molar-refractivity contribution in [3.05, 3.63) is 35.1 Å². The number of aromatic nitrogens is 2. The van der Waals surface area contributed by atoms with Gasteiger partial charge in [0.2, 0.25) is 0 Å². The Balaban J connectivity index is 2.59. The number of aryl methyl sites for hydroxylation is 2. The van der Waals surface area contributed by atoms with Gasteiger partial charge in [0.05, 0.1) is 5.69 Å². The van der Waals surface area contributed by atoms with Crippen LogP contribution < -0.4 is 5.73 Å². The Bertz CT molecular complexity index is 573. The number of halogens is 1. The van der Waals surface area contributed by atoms with Gasteiger partial charge in [-0.3, -0.25) is 4.68 Å². The Morgan fingerprint density at radius 1 is 1.39 bits per heavy atom. The van der Waals surface area contributed by atoms with E-state index in [1.54, 1.807) is 10.7 Å². The number of nitrogen functional groups attached to an aromatic ring is 1. The molecule has 1 aromatic carbocycles. The Kier molecular flexibility index (Phi) is 3.36. The van der Waals surface area contributed by atoms with E-state index in [2.05, 4.69) is 12.0 Å². The molecule has 0 spiro atoms. The first-order chi connectivity index (χ1) is 8.54. The van der Waals surface area contributed by atoms with Crippen molar-refractivity contribution in [1.29, 1.82) is 0 Å². The molecule has 0 saturated heterocycles. The predicted octanol–water partition coefficient (Wildman–Crippen LogP) is 3.07. The van der Waals surface area contributed by atoms with Gasteiger partial charge < -0.3 is 5.73 Å². The first-order valence-electron chi connectivity index (χ1n) is 6.12. The van der Waals surface area contributed by atoms with Gasteiger partial charge in [-0.05, 0) is 37.1 Å². The molecule has 0 bridgehead atoms. The number of rotatable bonds is 3. The third kappa shape index (κ3) is 2.10. The smallest absolute Gasteiger partial charge is 0.125 e. The summed E-state index contributed by atoms with van der Waals surface area (Å²) in [5.41, 5.74) is 9.78. The molecule has 0 aliphatic rings. The van der Waals surface area contributed by atoms with E-state index in [-0.39, 0.29) is 5.82 Å². The van der Waals surface area contributed by atoms with Gasteiger partial charge in [0, 0.05) is 18.2 Å². The topological polar surface area (TPSA) is 43.8 Å². The highest BCUT2D eigenvalue weighted by molar-refractivity contribution is 5.71. The van der Waals surface area contributed by atoms with E-state index in [4.69, 9.17) is 5.73 Å². The summed E-state index contributed by atoms with van der Waals surface area (Å²) < 4.78 is 14.8. The molecule has 0 fully saturated rings. The van der Waals surface area contributed by atoms with Crippen LogP contribution >= 0.6 is 0 Å². The van der Waals surface area contributed by atoms with E-state index in [9.17, 15) is 4.39 Å². The fourth-order valence-corrected chi connectivity index (χ4v) is 2.19. The maximum atomic E-state index is 13.1. The van der Waals surface area contributed by atoms with Crippen molar-refractivity contribution >= 4 is 5.82 Å². The summed E-state index contributed by atoms with van der Waals surface area (Å²) in [6.45, 7) is 3.99. The molecule has 0 atom stereocenters. The standard InChI is InChI=1S/C14H18FN3/c1-4-5-12-13(17-18(3)14(12)16)11-7-6-10(15)8-9(11)2/h6-8H,4-5,16H2,1-3H3. The van der Waals surface area contributed by atoms with Gasteiger partial charge in [-0.25, -0.2) is 4.39 Å². The van der Waals surface area contributed by atoms with Gasteiger partial charge in [0.1, 0.15) is 11.6 Å². The number of nitrogens with two attached hydrogens (primary N) is 1. The van der Waals surface area contributed by atoms with E-state index in [1.165, 1.54) is 12.1 Å². The monoisotopic (exact) mass is 247 g/mol. The second-order valence-electron chi connectivity index (χ2n) is 4.55. The Hall–Kier alpha value is -1.84. The highest BCUT2D eigenvalue weighted by atomic mass is 19.1. The van der Waals surface area contributed by atoms with Gasteiger partial charge >= 0.3 is 0 Å². The molecule has 0 unspecified atom stereocenters. The molecule has 2 rings (SSSR count). The molecule has 0 aliphatic heterocycles. The highest BCUT2D eigenvalue weighted by Crippen LogP contribution is 2.30. The molecular formula is C14H18FN3. The summed E-state index contributed by atoms with van der Waals surface area (Å²) in [5.74, 6) is 0.466. The normalized spacial score (nSPS) is 10.9. The Labute approximate surface area is 106 Å².